The average molecular weight is 335 g/mol. The quantitative estimate of drug-likeness (QED) is 0.802. The Bertz CT molecular complexity index is 578. The van der Waals surface area contributed by atoms with E-state index in [4.69, 9.17) is 0 Å². The topological polar surface area (TPSA) is 67.2 Å². The molecular formula is C19H33N3O2. The zero-order chi connectivity index (χ0) is 18.1. The maximum absolute atomic E-state index is 12.5. The van der Waals surface area contributed by atoms with Crippen LogP contribution in [-0.2, 0) is 5.54 Å². The molecule has 2 N–H and O–H groups in total. The van der Waals surface area contributed by atoms with Gasteiger partial charge in [-0.25, -0.2) is 0 Å². The van der Waals surface area contributed by atoms with Gasteiger partial charge in [0.15, 0.2) is 0 Å². The van der Waals surface area contributed by atoms with Gasteiger partial charge >= 0.3 is 0 Å². The van der Waals surface area contributed by atoms with Crippen molar-refractivity contribution in [3.8, 4) is 0 Å². The smallest absolute Gasteiger partial charge is 0.271 e. The number of carbonyl (C=O) groups is 1. The zero-order valence-corrected chi connectivity index (χ0v) is 16.0. The summed E-state index contributed by atoms with van der Waals surface area (Å²) in [4.78, 5) is 12.5. The van der Waals surface area contributed by atoms with Crippen molar-refractivity contribution in [1.82, 2.24) is 15.1 Å². The van der Waals surface area contributed by atoms with Crippen LogP contribution >= 0.6 is 0 Å². The fourth-order valence-electron chi connectivity index (χ4n) is 2.76. The molecule has 5 nitrogen and oxygen atoms in total. The van der Waals surface area contributed by atoms with Crippen LogP contribution in [0.2, 0.25) is 0 Å². The predicted molar refractivity (Wildman–Crippen MR) is 96.2 cm³/mol. The number of amides is 1. The molecule has 1 fully saturated rings. The van der Waals surface area contributed by atoms with Crippen LogP contribution in [0.4, 0.5) is 0 Å². The SMILES string of the molecule is CC(C)CCC(C)(O)CNC(=O)c1cc(C2CC2)n(C(C)(C)C)n1. The molecule has 0 aliphatic heterocycles. The monoisotopic (exact) mass is 335 g/mol. The third-order valence-electron chi connectivity index (χ3n) is 4.49. The van der Waals surface area contributed by atoms with E-state index in [1.54, 1.807) is 6.92 Å². The molecule has 24 heavy (non-hydrogen) atoms. The maximum atomic E-state index is 12.5. The molecule has 2 rings (SSSR count). The summed E-state index contributed by atoms with van der Waals surface area (Å²) in [6, 6.07) is 1.92. The van der Waals surface area contributed by atoms with Gasteiger partial charge in [-0.15, -0.1) is 0 Å². The Labute approximate surface area is 145 Å². The number of hydrogen-bond donors (Lipinski definition) is 2. The molecule has 1 saturated carbocycles. The minimum Gasteiger partial charge on any atom is -0.388 e. The third kappa shape index (κ3) is 5.07. The van der Waals surface area contributed by atoms with Crippen molar-refractivity contribution in [1.29, 1.82) is 0 Å². The molecule has 0 aromatic carbocycles. The highest BCUT2D eigenvalue weighted by atomic mass is 16.3. The molecule has 5 heteroatoms. The largest absolute Gasteiger partial charge is 0.388 e. The van der Waals surface area contributed by atoms with Gasteiger partial charge in [-0.05, 0) is 65.4 Å². The third-order valence-corrected chi connectivity index (χ3v) is 4.49. The van der Waals surface area contributed by atoms with E-state index in [0.717, 1.165) is 12.1 Å². The number of hydrogen-bond acceptors (Lipinski definition) is 3. The van der Waals surface area contributed by atoms with Gasteiger partial charge in [0.1, 0.15) is 5.69 Å². The molecule has 1 aliphatic carbocycles. The van der Waals surface area contributed by atoms with Gasteiger partial charge in [0.25, 0.3) is 5.91 Å². The Morgan fingerprint density at radius 2 is 2.00 bits per heavy atom. The number of nitrogens with zero attached hydrogens (tertiary/aromatic N) is 2. The average Bonchev–Trinajstić information content (AvgIpc) is 3.20. The van der Waals surface area contributed by atoms with Crippen LogP contribution in [0.5, 0.6) is 0 Å². The van der Waals surface area contributed by atoms with Crippen molar-refractivity contribution >= 4 is 5.91 Å². The van der Waals surface area contributed by atoms with Crippen LogP contribution in [-0.4, -0.2) is 32.9 Å². The minimum atomic E-state index is -0.883. The minimum absolute atomic E-state index is 0.140. The van der Waals surface area contributed by atoms with Crippen LogP contribution < -0.4 is 5.32 Å². The fraction of sp³-hybridized carbons (Fsp3) is 0.789. The fourth-order valence-corrected chi connectivity index (χ4v) is 2.76. The lowest BCUT2D eigenvalue weighted by atomic mass is 9.95. The number of aromatic nitrogens is 2. The van der Waals surface area contributed by atoms with Gasteiger partial charge in [0, 0.05) is 18.2 Å². The van der Waals surface area contributed by atoms with Crippen molar-refractivity contribution in [2.24, 2.45) is 5.92 Å². The van der Waals surface area contributed by atoms with E-state index < -0.39 is 5.60 Å². The standard InChI is InChI=1S/C19H33N3O2/c1-13(2)9-10-19(6,24)12-20-17(23)15-11-16(14-7-8-14)22(21-15)18(3,4)5/h11,13-14,24H,7-10,12H2,1-6H3,(H,20,23). The van der Waals surface area contributed by atoms with Gasteiger partial charge in [-0.3, -0.25) is 9.48 Å². The highest BCUT2D eigenvalue weighted by molar-refractivity contribution is 5.92. The molecule has 1 aromatic rings. The molecule has 0 bridgehead atoms. The van der Waals surface area contributed by atoms with Crippen LogP contribution in [0, 0.1) is 5.92 Å². The molecule has 1 aromatic heterocycles. The van der Waals surface area contributed by atoms with E-state index in [1.807, 2.05) is 10.7 Å². The highest BCUT2D eigenvalue weighted by Crippen LogP contribution is 2.41. The molecule has 0 radical (unpaired) electrons. The Hall–Kier alpha value is -1.36. The van der Waals surface area contributed by atoms with Gasteiger partial charge in [0.2, 0.25) is 0 Å². The van der Waals surface area contributed by atoms with E-state index in [-0.39, 0.29) is 18.0 Å². The first-order valence-electron chi connectivity index (χ1n) is 9.10. The Balaban J connectivity index is 2.02. The summed E-state index contributed by atoms with van der Waals surface area (Å²) in [6.45, 7) is 12.6. The molecule has 0 saturated heterocycles. The molecule has 0 spiro atoms. The van der Waals surface area contributed by atoms with Crippen LogP contribution in [0.15, 0.2) is 6.07 Å². The van der Waals surface area contributed by atoms with Crippen LogP contribution in [0.3, 0.4) is 0 Å². The summed E-state index contributed by atoms with van der Waals surface area (Å²) >= 11 is 0. The first-order chi connectivity index (χ1) is 11.0. The number of carbonyl (C=O) groups excluding carboxylic acids is 1. The van der Waals surface area contributed by atoms with Crippen molar-refractivity contribution in [2.75, 3.05) is 6.54 Å². The second-order valence-corrected chi connectivity index (χ2v) is 8.92. The van der Waals surface area contributed by atoms with E-state index in [9.17, 15) is 9.90 Å². The Kier molecular flexibility index (Phi) is 5.43. The van der Waals surface area contributed by atoms with E-state index in [0.29, 0.717) is 24.0 Å². The summed E-state index contributed by atoms with van der Waals surface area (Å²) in [5, 5.41) is 17.8. The highest BCUT2D eigenvalue weighted by Gasteiger charge is 2.32. The lowest BCUT2D eigenvalue weighted by Crippen LogP contribution is -2.41. The van der Waals surface area contributed by atoms with Gasteiger partial charge < -0.3 is 10.4 Å². The lowest BCUT2D eigenvalue weighted by molar-refractivity contribution is 0.0428. The second kappa shape index (κ2) is 6.87. The van der Waals surface area contributed by atoms with Crippen molar-refractivity contribution in [3.05, 3.63) is 17.5 Å². The number of nitrogens with one attached hydrogen (secondary N) is 1. The Morgan fingerprint density at radius 3 is 2.50 bits per heavy atom. The molecule has 1 amide bonds. The molecule has 1 atom stereocenters. The first-order valence-corrected chi connectivity index (χ1v) is 9.10. The summed E-state index contributed by atoms with van der Waals surface area (Å²) in [6.07, 6.45) is 3.96. The van der Waals surface area contributed by atoms with Gasteiger partial charge in [0.05, 0.1) is 11.1 Å². The summed E-state index contributed by atoms with van der Waals surface area (Å²) in [7, 11) is 0. The van der Waals surface area contributed by atoms with Gasteiger partial charge in [-0.1, -0.05) is 13.8 Å². The molecular weight excluding hydrogens is 302 g/mol. The lowest BCUT2D eigenvalue weighted by Gasteiger charge is -2.24. The van der Waals surface area contributed by atoms with E-state index in [2.05, 4.69) is 45.0 Å². The van der Waals surface area contributed by atoms with Crippen LogP contribution in [0.25, 0.3) is 0 Å². The normalized spacial score (nSPS) is 17.8. The summed E-state index contributed by atoms with van der Waals surface area (Å²) in [5.74, 6) is 0.868. The summed E-state index contributed by atoms with van der Waals surface area (Å²) < 4.78 is 1.98. The van der Waals surface area contributed by atoms with Crippen molar-refractivity contribution in [2.45, 2.75) is 84.3 Å². The molecule has 136 valence electrons. The molecule has 1 aliphatic rings. The van der Waals surface area contributed by atoms with E-state index in [1.165, 1.54) is 12.8 Å². The zero-order valence-electron chi connectivity index (χ0n) is 16.0. The van der Waals surface area contributed by atoms with Crippen molar-refractivity contribution < 1.29 is 9.90 Å². The number of aliphatic hydroxyl groups is 1. The molecule has 1 heterocycles. The summed E-state index contributed by atoms with van der Waals surface area (Å²) in [5.41, 5.74) is 0.580. The predicted octanol–water partition coefficient (Wildman–Crippen LogP) is 3.43. The van der Waals surface area contributed by atoms with Crippen molar-refractivity contribution in [3.63, 3.8) is 0 Å². The number of rotatable bonds is 7. The van der Waals surface area contributed by atoms with Gasteiger partial charge in [-0.2, -0.15) is 5.10 Å². The first kappa shape index (κ1) is 19.0. The second-order valence-electron chi connectivity index (χ2n) is 8.92. The van der Waals surface area contributed by atoms with Crippen LogP contribution in [0.1, 0.15) is 89.3 Å². The Morgan fingerprint density at radius 1 is 1.38 bits per heavy atom. The maximum Gasteiger partial charge on any atom is 0.271 e. The molecule has 1 unspecified atom stereocenters. The van der Waals surface area contributed by atoms with E-state index >= 15 is 0 Å².